The van der Waals surface area contributed by atoms with E-state index in [2.05, 4.69) is 10.6 Å². The second-order valence-electron chi connectivity index (χ2n) is 10.6. The van der Waals surface area contributed by atoms with E-state index in [4.69, 9.17) is 32.7 Å². The fraction of sp³-hybridized carbons (Fsp3) is 0.300. The maximum absolute atomic E-state index is 14.6. The Labute approximate surface area is 240 Å². The lowest BCUT2D eigenvalue weighted by molar-refractivity contribution is -0.156. The van der Waals surface area contributed by atoms with Crippen LogP contribution in [0.3, 0.4) is 0 Å². The monoisotopic (exact) mass is 584 g/mol. The van der Waals surface area contributed by atoms with E-state index in [-0.39, 0.29) is 18.1 Å². The third kappa shape index (κ3) is 4.49. The molecule has 0 bridgehead atoms. The van der Waals surface area contributed by atoms with Gasteiger partial charge in [0.1, 0.15) is 17.0 Å². The number of ether oxygens (including phenoxy) is 2. The molecule has 5 rings (SSSR count). The fourth-order valence-corrected chi connectivity index (χ4v) is 6.24. The molecule has 0 saturated carbocycles. The molecule has 3 unspecified atom stereocenters. The molecule has 1 fully saturated rings. The van der Waals surface area contributed by atoms with Crippen molar-refractivity contribution < 1.29 is 28.2 Å². The molecule has 10 heteroatoms. The van der Waals surface area contributed by atoms with E-state index in [1.54, 1.807) is 63.2 Å². The Morgan fingerprint density at radius 2 is 1.73 bits per heavy atom. The Kier molecular flexibility index (Phi) is 7.04. The predicted molar refractivity (Wildman–Crippen MR) is 149 cm³/mol. The number of carbonyl (C=O) groups is 3. The van der Waals surface area contributed by atoms with Crippen molar-refractivity contribution >= 4 is 46.7 Å². The molecule has 3 aromatic carbocycles. The van der Waals surface area contributed by atoms with Crippen molar-refractivity contribution in [1.82, 2.24) is 5.32 Å². The molecule has 3 aromatic rings. The van der Waals surface area contributed by atoms with Crippen LogP contribution in [0.2, 0.25) is 10.0 Å². The van der Waals surface area contributed by atoms with Crippen LogP contribution in [-0.2, 0) is 24.5 Å². The fourth-order valence-electron chi connectivity index (χ4n) is 5.89. The van der Waals surface area contributed by atoms with E-state index < -0.39 is 40.7 Å². The molecule has 2 heterocycles. The van der Waals surface area contributed by atoms with Gasteiger partial charge in [0.15, 0.2) is 5.60 Å². The van der Waals surface area contributed by atoms with E-state index in [1.165, 1.54) is 19.2 Å². The highest BCUT2D eigenvalue weighted by Crippen LogP contribution is 2.59. The van der Waals surface area contributed by atoms with Gasteiger partial charge in [-0.05, 0) is 79.9 Å². The lowest BCUT2D eigenvalue weighted by Crippen LogP contribution is -2.57. The number of fused-ring (bicyclic) bond motifs is 2. The van der Waals surface area contributed by atoms with Gasteiger partial charge in [0.2, 0.25) is 11.8 Å². The molecule has 40 heavy (non-hydrogen) atoms. The summed E-state index contributed by atoms with van der Waals surface area (Å²) >= 11 is 12.8. The first-order chi connectivity index (χ1) is 18.9. The van der Waals surface area contributed by atoms with Crippen molar-refractivity contribution in [2.24, 2.45) is 0 Å². The molecule has 7 nitrogen and oxygen atoms in total. The Hall–Kier alpha value is -3.62. The van der Waals surface area contributed by atoms with Crippen molar-refractivity contribution in [3.8, 4) is 5.75 Å². The van der Waals surface area contributed by atoms with E-state index >= 15 is 0 Å². The van der Waals surface area contributed by atoms with Crippen LogP contribution in [-0.4, -0.2) is 30.5 Å². The molecule has 208 valence electrons. The van der Waals surface area contributed by atoms with Crippen molar-refractivity contribution in [1.29, 1.82) is 0 Å². The van der Waals surface area contributed by atoms with Gasteiger partial charge in [0.05, 0.1) is 13.2 Å². The normalized spacial score (nSPS) is 22.0. The molecular formula is C30H27Cl2FN2O5. The van der Waals surface area contributed by atoms with Crippen molar-refractivity contribution in [3.05, 3.63) is 92.7 Å². The van der Waals surface area contributed by atoms with Gasteiger partial charge < -0.3 is 20.1 Å². The quantitative estimate of drug-likeness (QED) is 0.358. The predicted octanol–water partition coefficient (Wildman–Crippen LogP) is 6.01. The summed E-state index contributed by atoms with van der Waals surface area (Å²) in [6.45, 7) is 4.90. The largest absolute Gasteiger partial charge is 0.476 e. The number of piperidine rings is 1. The lowest BCUT2D eigenvalue weighted by Gasteiger charge is -2.47. The standard InChI is InChI=1S/C30H27Cl2FN2O5/c1-15-5-8-18(33)13-19(15)26-30(21-9-6-17(32)12-23(21)34-27(30)37)22(14-25(36)35-26)20-11-16(31)7-10-24(20)40-29(2,3)28(38)39-4/h5-13,22,26H,14H2,1-4H3,(H,34,37)(H,35,36). The third-order valence-corrected chi connectivity index (χ3v) is 8.16. The summed E-state index contributed by atoms with van der Waals surface area (Å²) in [5, 5.41) is 6.68. The molecular weight excluding hydrogens is 558 g/mol. The van der Waals surface area contributed by atoms with Gasteiger partial charge >= 0.3 is 5.97 Å². The van der Waals surface area contributed by atoms with Gasteiger partial charge in [-0.1, -0.05) is 35.3 Å². The zero-order valence-electron chi connectivity index (χ0n) is 22.2. The van der Waals surface area contributed by atoms with Crippen molar-refractivity contribution in [3.63, 3.8) is 0 Å². The van der Waals surface area contributed by atoms with Gasteiger partial charge in [-0.3, -0.25) is 9.59 Å². The van der Waals surface area contributed by atoms with Gasteiger partial charge in [-0.2, -0.15) is 0 Å². The van der Waals surface area contributed by atoms with Crippen LogP contribution in [0, 0.1) is 12.7 Å². The van der Waals surface area contributed by atoms with E-state index in [0.29, 0.717) is 38.0 Å². The molecule has 0 aromatic heterocycles. The first-order valence-electron chi connectivity index (χ1n) is 12.6. The minimum absolute atomic E-state index is 0.115. The number of aryl methyl sites for hydroxylation is 1. The van der Waals surface area contributed by atoms with Crippen LogP contribution in [0.4, 0.5) is 10.1 Å². The van der Waals surface area contributed by atoms with Crippen LogP contribution in [0.1, 0.15) is 54.5 Å². The molecule has 0 aliphatic carbocycles. The second-order valence-corrected chi connectivity index (χ2v) is 11.4. The summed E-state index contributed by atoms with van der Waals surface area (Å²) in [5.41, 5.74) is -0.202. The van der Waals surface area contributed by atoms with E-state index in [1.807, 2.05) is 0 Å². The second kappa shape index (κ2) is 10.1. The number of benzene rings is 3. The van der Waals surface area contributed by atoms with Crippen LogP contribution in [0.5, 0.6) is 5.75 Å². The number of nitrogens with one attached hydrogen (secondary N) is 2. The summed E-state index contributed by atoms with van der Waals surface area (Å²) in [6, 6.07) is 13.2. The summed E-state index contributed by atoms with van der Waals surface area (Å²) in [5.74, 6) is -2.45. The molecule has 2 aliphatic heterocycles. The number of anilines is 1. The number of esters is 1. The number of hydrogen-bond acceptors (Lipinski definition) is 5. The van der Waals surface area contributed by atoms with Gasteiger partial charge in [-0.25, -0.2) is 9.18 Å². The highest BCUT2D eigenvalue weighted by molar-refractivity contribution is 6.31. The highest BCUT2D eigenvalue weighted by atomic mass is 35.5. The minimum Gasteiger partial charge on any atom is -0.476 e. The van der Waals surface area contributed by atoms with Crippen molar-refractivity contribution in [2.75, 3.05) is 12.4 Å². The average molecular weight is 585 g/mol. The number of hydrogen-bond donors (Lipinski definition) is 2. The molecule has 2 aliphatic rings. The summed E-state index contributed by atoms with van der Waals surface area (Å²) < 4.78 is 25.7. The number of rotatable bonds is 5. The first kappa shape index (κ1) is 27.9. The van der Waals surface area contributed by atoms with Crippen LogP contribution in [0.25, 0.3) is 0 Å². The van der Waals surface area contributed by atoms with E-state index in [9.17, 15) is 18.8 Å². The number of carbonyl (C=O) groups excluding carboxylic acids is 3. The maximum atomic E-state index is 14.6. The average Bonchev–Trinajstić information content (AvgIpc) is 3.18. The zero-order valence-corrected chi connectivity index (χ0v) is 23.7. The smallest absolute Gasteiger partial charge is 0.349 e. The minimum atomic E-state index is -1.45. The summed E-state index contributed by atoms with van der Waals surface area (Å²) in [6.07, 6.45) is -0.115. The van der Waals surface area contributed by atoms with Crippen LogP contribution >= 0.6 is 23.2 Å². The van der Waals surface area contributed by atoms with Crippen molar-refractivity contribution in [2.45, 2.75) is 50.2 Å². The van der Waals surface area contributed by atoms with Crippen LogP contribution < -0.4 is 15.4 Å². The molecule has 1 spiro atoms. The van der Waals surface area contributed by atoms with Crippen LogP contribution in [0.15, 0.2) is 54.6 Å². The topological polar surface area (TPSA) is 93.7 Å². The zero-order chi connectivity index (χ0) is 29.0. The number of amides is 2. The first-order valence-corrected chi connectivity index (χ1v) is 13.4. The SMILES string of the molecule is COC(=O)C(C)(C)Oc1ccc(Cl)cc1C1CC(=O)NC(c2cc(F)ccc2C)C12C(=O)Nc1cc(Cl)ccc12. The third-order valence-electron chi connectivity index (χ3n) is 7.69. The summed E-state index contributed by atoms with van der Waals surface area (Å²) in [4.78, 5) is 40.1. The summed E-state index contributed by atoms with van der Waals surface area (Å²) in [7, 11) is 1.26. The molecule has 3 atom stereocenters. The molecule has 2 amide bonds. The van der Waals surface area contributed by atoms with Gasteiger partial charge in [0, 0.05) is 33.6 Å². The Morgan fingerprint density at radius 3 is 2.45 bits per heavy atom. The van der Waals surface area contributed by atoms with Gasteiger partial charge in [-0.15, -0.1) is 0 Å². The van der Waals surface area contributed by atoms with E-state index in [0.717, 1.165) is 0 Å². The molecule has 2 N–H and O–H groups in total. The Morgan fingerprint density at radius 1 is 1.02 bits per heavy atom. The number of halogens is 3. The maximum Gasteiger partial charge on any atom is 0.349 e. The molecule has 0 radical (unpaired) electrons. The Bertz CT molecular complexity index is 1560. The van der Waals surface area contributed by atoms with Gasteiger partial charge in [0.25, 0.3) is 0 Å². The Balaban J connectivity index is 1.81. The number of methoxy groups -OCH3 is 1. The highest BCUT2D eigenvalue weighted by Gasteiger charge is 2.62. The molecule has 1 saturated heterocycles. The lowest BCUT2D eigenvalue weighted by atomic mass is 9.59.